The first-order valence-corrected chi connectivity index (χ1v) is 11.2. The number of imide groups is 1. The highest BCUT2D eigenvalue weighted by Crippen LogP contribution is 2.38. The molecule has 156 valence electrons. The quantitative estimate of drug-likeness (QED) is 0.658. The highest BCUT2D eigenvalue weighted by atomic mass is 16.2. The van der Waals surface area contributed by atoms with Gasteiger partial charge in [0, 0.05) is 25.6 Å². The smallest absolute Gasteiger partial charge is 0.233 e. The molecule has 2 saturated carbocycles. The van der Waals surface area contributed by atoms with Crippen molar-refractivity contribution < 1.29 is 14.4 Å². The first kappa shape index (κ1) is 20.1. The maximum absolute atomic E-state index is 13.0. The molecule has 5 nitrogen and oxygen atoms in total. The Morgan fingerprint density at radius 1 is 1.00 bits per heavy atom. The number of hydrogen-bond donors (Lipinski definition) is 0. The molecule has 0 unspecified atom stereocenters. The van der Waals surface area contributed by atoms with Gasteiger partial charge in [-0.05, 0) is 42.7 Å². The molecule has 0 N–H and O–H groups in total. The van der Waals surface area contributed by atoms with Crippen molar-refractivity contribution in [2.45, 2.75) is 77.3 Å². The topological polar surface area (TPSA) is 57.7 Å². The van der Waals surface area contributed by atoms with E-state index in [0.717, 1.165) is 44.1 Å². The number of amides is 3. The summed E-state index contributed by atoms with van der Waals surface area (Å²) in [6, 6.07) is 8.80. The Hall–Kier alpha value is -2.17. The molecule has 4 rings (SSSR count). The molecule has 2 atom stereocenters. The average Bonchev–Trinajstić information content (AvgIpc) is 3.53. The number of nitrogens with zero attached hydrogens (tertiary/aromatic N) is 2. The van der Waals surface area contributed by atoms with Gasteiger partial charge in [0.1, 0.15) is 0 Å². The number of carbonyl (C=O) groups excluding carboxylic acids is 3. The van der Waals surface area contributed by atoms with Crippen LogP contribution in [0.25, 0.3) is 0 Å². The molecule has 1 aromatic rings. The Labute approximate surface area is 173 Å². The molecule has 3 amide bonds. The summed E-state index contributed by atoms with van der Waals surface area (Å²) in [6.45, 7) is 5.19. The molecule has 1 aromatic carbocycles. The fraction of sp³-hybridized carbons (Fsp3) is 0.625. The van der Waals surface area contributed by atoms with Crippen LogP contribution in [0.4, 0.5) is 0 Å². The van der Waals surface area contributed by atoms with Crippen molar-refractivity contribution in [3.05, 3.63) is 35.4 Å². The van der Waals surface area contributed by atoms with Crippen molar-refractivity contribution in [1.82, 2.24) is 9.80 Å². The van der Waals surface area contributed by atoms with E-state index in [1.165, 1.54) is 10.5 Å². The van der Waals surface area contributed by atoms with Gasteiger partial charge >= 0.3 is 0 Å². The van der Waals surface area contributed by atoms with Gasteiger partial charge in [-0.25, -0.2) is 0 Å². The lowest BCUT2D eigenvalue weighted by molar-refractivity contribution is -0.141. The van der Waals surface area contributed by atoms with Crippen molar-refractivity contribution in [1.29, 1.82) is 0 Å². The Kier molecular flexibility index (Phi) is 5.75. The van der Waals surface area contributed by atoms with E-state index in [1.807, 2.05) is 4.90 Å². The van der Waals surface area contributed by atoms with Crippen LogP contribution in [0.5, 0.6) is 0 Å². The maximum Gasteiger partial charge on any atom is 0.233 e. The van der Waals surface area contributed by atoms with E-state index >= 15 is 0 Å². The van der Waals surface area contributed by atoms with Gasteiger partial charge in [0.2, 0.25) is 17.7 Å². The normalized spacial score (nSPS) is 24.2. The van der Waals surface area contributed by atoms with Crippen LogP contribution in [-0.2, 0) is 20.9 Å². The Bertz CT molecular complexity index is 758. The number of hydrogen-bond acceptors (Lipinski definition) is 3. The molecule has 1 heterocycles. The van der Waals surface area contributed by atoms with Gasteiger partial charge in [-0.2, -0.15) is 0 Å². The van der Waals surface area contributed by atoms with E-state index < -0.39 is 0 Å². The van der Waals surface area contributed by atoms with E-state index in [4.69, 9.17) is 0 Å². The number of rotatable bonds is 7. The van der Waals surface area contributed by atoms with Gasteiger partial charge in [-0.15, -0.1) is 0 Å². The highest BCUT2D eigenvalue weighted by molar-refractivity contribution is 6.05. The first-order chi connectivity index (χ1) is 14.0. The number of carbonyl (C=O) groups is 3. The third kappa shape index (κ3) is 4.24. The predicted molar refractivity (Wildman–Crippen MR) is 111 cm³/mol. The minimum Gasteiger partial charge on any atom is -0.335 e. The molecule has 0 spiro atoms. The van der Waals surface area contributed by atoms with Crippen LogP contribution in [0, 0.1) is 11.8 Å². The van der Waals surface area contributed by atoms with Crippen molar-refractivity contribution >= 4 is 17.7 Å². The zero-order valence-corrected chi connectivity index (χ0v) is 17.6. The van der Waals surface area contributed by atoms with Gasteiger partial charge in [-0.1, -0.05) is 51.0 Å². The van der Waals surface area contributed by atoms with Crippen molar-refractivity contribution in [3.8, 4) is 0 Å². The number of fused-ring (bicyclic) bond motifs is 1. The van der Waals surface area contributed by atoms with Gasteiger partial charge in [0.15, 0.2) is 0 Å². The van der Waals surface area contributed by atoms with E-state index in [2.05, 4.69) is 38.1 Å². The largest absolute Gasteiger partial charge is 0.335 e. The zero-order valence-electron chi connectivity index (χ0n) is 17.6. The third-order valence-electron chi connectivity index (χ3n) is 6.79. The van der Waals surface area contributed by atoms with Crippen LogP contribution in [0.15, 0.2) is 24.3 Å². The first-order valence-electron chi connectivity index (χ1n) is 11.2. The second kappa shape index (κ2) is 8.29. The molecule has 3 aliphatic rings. The van der Waals surface area contributed by atoms with E-state index in [9.17, 15) is 14.4 Å². The second-order valence-electron chi connectivity index (χ2n) is 9.22. The second-order valence-corrected chi connectivity index (χ2v) is 9.22. The average molecular weight is 397 g/mol. The highest BCUT2D eigenvalue weighted by Gasteiger charge is 2.48. The monoisotopic (exact) mass is 396 g/mol. The van der Waals surface area contributed by atoms with Gasteiger partial charge in [0.05, 0.1) is 11.8 Å². The Balaban J connectivity index is 1.37. The van der Waals surface area contributed by atoms with Gasteiger partial charge in [0.25, 0.3) is 0 Å². The molecule has 0 bridgehead atoms. The molecule has 2 aliphatic carbocycles. The van der Waals surface area contributed by atoms with E-state index in [0.29, 0.717) is 18.5 Å². The molecular weight excluding hydrogens is 364 g/mol. The zero-order chi connectivity index (χ0) is 20.5. The number of likely N-dealkylation sites (tertiary alicyclic amines) is 1. The van der Waals surface area contributed by atoms with Crippen LogP contribution in [-0.4, -0.2) is 40.1 Å². The molecule has 1 saturated heterocycles. The van der Waals surface area contributed by atoms with E-state index in [-0.39, 0.29) is 42.5 Å². The lowest BCUT2D eigenvalue weighted by Crippen LogP contribution is -2.38. The summed E-state index contributed by atoms with van der Waals surface area (Å²) in [5, 5.41) is 0. The van der Waals surface area contributed by atoms with Crippen molar-refractivity contribution in [2.24, 2.45) is 11.8 Å². The SMILES string of the molecule is CC(C)c1ccc(CN(C(=O)CCN2C(=O)[C@H]3CCCC[C@H]3C2=O)C2CC2)cc1. The van der Waals surface area contributed by atoms with Crippen molar-refractivity contribution in [3.63, 3.8) is 0 Å². The summed E-state index contributed by atoms with van der Waals surface area (Å²) >= 11 is 0. The minimum atomic E-state index is -0.134. The van der Waals surface area contributed by atoms with Crippen LogP contribution in [0.3, 0.4) is 0 Å². The Morgan fingerprint density at radius 2 is 1.59 bits per heavy atom. The number of benzene rings is 1. The summed E-state index contributed by atoms with van der Waals surface area (Å²) in [5.74, 6) is 0.181. The molecule has 5 heteroatoms. The molecule has 3 fully saturated rings. The summed E-state index contributed by atoms with van der Waals surface area (Å²) in [7, 11) is 0. The molecule has 29 heavy (non-hydrogen) atoms. The summed E-state index contributed by atoms with van der Waals surface area (Å²) in [5.41, 5.74) is 2.43. The predicted octanol–water partition coefficient (Wildman–Crippen LogP) is 3.87. The minimum absolute atomic E-state index is 0.0465. The standard InChI is InChI=1S/C24H32N2O3/c1-16(2)18-9-7-17(8-10-18)15-26(19-11-12-19)22(27)13-14-25-23(28)20-5-3-4-6-21(20)24(25)29/h7-10,16,19-21H,3-6,11-15H2,1-2H3/t20-,21+. The lowest BCUT2D eigenvalue weighted by Gasteiger charge is -2.24. The van der Waals surface area contributed by atoms with Crippen LogP contribution < -0.4 is 0 Å². The summed E-state index contributed by atoms with van der Waals surface area (Å²) in [6.07, 6.45) is 6.01. The van der Waals surface area contributed by atoms with Crippen LogP contribution in [0.2, 0.25) is 0 Å². The van der Waals surface area contributed by atoms with Gasteiger partial charge < -0.3 is 4.90 Å². The van der Waals surface area contributed by atoms with Crippen LogP contribution in [0.1, 0.15) is 75.8 Å². The molecule has 1 aliphatic heterocycles. The van der Waals surface area contributed by atoms with E-state index in [1.54, 1.807) is 0 Å². The molecule has 0 radical (unpaired) electrons. The molecule has 0 aromatic heterocycles. The Morgan fingerprint density at radius 3 is 2.10 bits per heavy atom. The lowest BCUT2D eigenvalue weighted by atomic mass is 9.81. The van der Waals surface area contributed by atoms with Gasteiger partial charge in [-0.3, -0.25) is 19.3 Å². The van der Waals surface area contributed by atoms with Crippen LogP contribution >= 0.6 is 0 Å². The third-order valence-corrected chi connectivity index (χ3v) is 6.79. The fourth-order valence-electron chi connectivity index (χ4n) is 4.81. The molecular formula is C24H32N2O3. The fourth-order valence-corrected chi connectivity index (χ4v) is 4.81. The summed E-state index contributed by atoms with van der Waals surface area (Å²) in [4.78, 5) is 41.6. The maximum atomic E-state index is 13.0. The van der Waals surface area contributed by atoms with Crippen molar-refractivity contribution in [2.75, 3.05) is 6.54 Å². The summed E-state index contributed by atoms with van der Waals surface area (Å²) < 4.78 is 0.